The fourth-order valence-electron chi connectivity index (χ4n) is 3.76. The van der Waals surface area contributed by atoms with Crippen LogP contribution in [0.15, 0.2) is 0 Å². The second-order valence-electron chi connectivity index (χ2n) is 6.27. The number of hydrogen-bond donors (Lipinski definition) is 1. The third-order valence-electron chi connectivity index (χ3n) is 4.98. The van der Waals surface area contributed by atoms with E-state index in [0.29, 0.717) is 0 Å². The van der Waals surface area contributed by atoms with Crippen molar-refractivity contribution in [3.05, 3.63) is 0 Å². The van der Waals surface area contributed by atoms with Gasteiger partial charge in [-0.2, -0.15) is 0 Å². The van der Waals surface area contributed by atoms with E-state index in [1.807, 2.05) is 0 Å². The lowest BCUT2D eigenvalue weighted by Crippen LogP contribution is -2.33. The van der Waals surface area contributed by atoms with E-state index in [-0.39, 0.29) is 0 Å². The predicted molar refractivity (Wildman–Crippen MR) is 74.3 cm³/mol. The molecule has 2 aliphatic rings. The molecule has 1 N–H and O–H groups in total. The van der Waals surface area contributed by atoms with Crippen molar-refractivity contribution in [2.24, 2.45) is 5.41 Å². The standard InChI is InChI=1S/C15H30N2/c1-3-16-11-6-7-14(2)17-12-10-15(13-17)8-4-5-9-15/h14,16H,3-13H2,1-2H3. The molecule has 17 heavy (non-hydrogen) atoms. The lowest BCUT2D eigenvalue weighted by molar-refractivity contribution is 0.204. The van der Waals surface area contributed by atoms with E-state index >= 15 is 0 Å². The van der Waals surface area contributed by atoms with Gasteiger partial charge in [0.15, 0.2) is 0 Å². The fourth-order valence-corrected chi connectivity index (χ4v) is 3.76. The highest BCUT2D eigenvalue weighted by molar-refractivity contribution is 4.94. The smallest absolute Gasteiger partial charge is 0.00676 e. The first-order valence-corrected chi connectivity index (χ1v) is 7.70. The maximum absolute atomic E-state index is 3.42. The van der Waals surface area contributed by atoms with E-state index in [2.05, 4.69) is 24.1 Å². The van der Waals surface area contributed by atoms with Crippen LogP contribution in [0.4, 0.5) is 0 Å². The van der Waals surface area contributed by atoms with Gasteiger partial charge in [0.2, 0.25) is 0 Å². The van der Waals surface area contributed by atoms with Crippen LogP contribution in [0.2, 0.25) is 0 Å². The highest BCUT2D eigenvalue weighted by Crippen LogP contribution is 2.45. The van der Waals surface area contributed by atoms with Gasteiger partial charge in [-0.05, 0) is 64.1 Å². The van der Waals surface area contributed by atoms with Crippen molar-refractivity contribution < 1.29 is 0 Å². The summed E-state index contributed by atoms with van der Waals surface area (Å²) in [6.45, 7) is 9.69. The van der Waals surface area contributed by atoms with Gasteiger partial charge in [-0.1, -0.05) is 19.8 Å². The summed E-state index contributed by atoms with van der Waals surface area (Å²) >= 11 is 0. The topological polar surface area (TPSA) is 15.3 Å². The molecule has 2 heteroatoms. The molecule has 100 valence electrons. The molecule has 2 fully saturated rings. The summed E-state index contributed by atoms with van der Waals surface area (Å²) in [5, 5.41) is 3.42. The summed E-state index contributed by atoms with van der Waals surface area (Å²) in [6, 6.07) is 0.800. The van der Waals surface area contributed by atoms with E-state index in [1.54, 1.807) is 0 Å². The Labute approximate surface area is 107 Å². The number of nitrogens with one attached hydrogen (secondary N) is 1. The summed E-state index contributed by atoms with van der Waals surface area (Å²) in [6.07, 6.45) is 10.2. The second kappa shape index (κ2) is 6.19. The molecule has 1 heterocycles. The Hall–Kier alpha value is -0.0800. The molecule has 1 saturated carbocycles. The Balaban J connectivity index is 1.68. The number of likely N-dealkylation sites (tertiary alicyclic amines) is 1. The molecule has 1 unspecified atom stereocenters. The first-order chi connectivity index (χ1) is 8.26. The molecule has 0 radical (unpaired) electrons. The Bertz CT molecular complexity index is 221. The van der Waals surface area contributed by atoms with Crippen molar-refractivity contribution in [1.29, 1.82) is 0 Å². The zero-order valence-electron chi connectivity index (χ0n) is 11.8. The van der Waals surface area contributed by atoms with Crippen LogP contribution in [0.3, 0.4) is 0 Å². The molecule has 1 spiro atoms. The largest absolute Gasteiger partial charge is 0.317 e. The summed E-state index contributed by atoms with van der Waals surface area (Å²) < 4.78 is 0. The van der Waals surface area contributed by atoms with Gasteiger partial charge in [-0.25, -0.2) is 0 Å². The average Bonchev–Trinajstić information content (AvgIpc) is 2.96. The number of nitrogens with zero attached hydrogens (tertiary/aromatic N) is 1. The average molecular weight is 238 g/mol. The highest BCUT2D eigenvalue weighted by Gasteiger charge is 2.40. The van der Waals surface area contributed by atoms with Crippen LogP contribution in [-0.2, 0) is 0 Å². The SMILES string of the molecule is CCNCCCC(C)N1CCC2(CCCC2)C1. The van der Waals surface area contributed by atoms with E-state index < -0.39 is 0 Å². The Morgan fingerprint density at radius 2 is 2.00 bits per heavy atom. The van der Waals surface area contributed by atoms with Crippen LogP contribution >= 0.6 is 0 Å². The van der Waals surface area contributed by atoms with Crippen molar-refractivity contribution in [2.45, 2.75) is 64.8 Å². The lowest BCUT2D eigenvalue weighted by atomic mass is 9.85. The van der Waals surface area contributed by atoms with Gasteiger partial charge < -0.3 is 10.2 Å². The van der Waals surface area contributed by atoms with Crippen LogP contribution in [0.5, 0.6) is 0 Å². The molecule has 0 aromatic carbocycles. The molecular weight excluding hydrogens is 208 g/mol. The minimum atomic E-state index is 0.746. The molecule has 1 aliphatic heterocycles. The Morgan fingerprint density at radius 1 is 1.24 bits per heavy atom. The molecule has 1 aliphatic carbocycles. The van der Waals surface area contributed by atoms with Crippen LogP contribution in [0, 0.1) is 5.41 Å². The van der Waals surface area contributed by atoms with Crippen molar-refractivity contribution >= 4 is 0 Å². The molecule has 0 aromatic heterocycles. The summed E-state index contributed by atoms with van der Waals surface area (Å²) in [4.78, 5) is 2.76. The van der Waals surface area contributed by atoms with Gasteiger partial charge >= 0.3 is 0 Å². The Kier molecular flexibility index (Phi) is 4.87. The van der Waals surface area contributed by atoms with E-state index in [1.165, 1.54) is 64.6 Å². The molecule has 2 rings (SSSR count). The second-order valence-corrected chi connectivity index (χ2v) is 6.27. The minimum absolute atomic E-state index is 0.746. The van der Waals surface area contributed by atoms with Crippen LogP contribution in [0.25, 0.3) is 0 Å². The first kappa shape index (κ1) is 13.4. The van der Waals surface area contributed by atoms with Gasteiger partial charge in [-0.3, -0.25) is 0 Å². The van der Waals surface area contributed by atoms with Gasteiger partial charge in [0, 0.05) is 12.6 Å². The summed E-state index contributed by atoms with van der Waals surface area (Å²) in [7, 11) is 0. The molecular formula is C15H30N2. The van der Waals surface area contributed by atoms with Gasteiger partial charge in [-0.15, -0.1) is 0 Å². The maximum Gasteiger partial charge on any atom is 0.00676 e. The minimum Gasteiger partial charge on any atom is -0.317 e. The quantitative estimate of drug-likeness (QED) is 0.716. The predicted octanol–water partition coefficient (Wildman–Crippen LogP) is 3.03. The van der Waals surface area contributed by atoms with Crippen molar-refractivity contribution in [3.8, 4) is 0 Å². The summed E-state index contributed by atoms with van der Waals surface area (Å²) in [5.74, 6) is 0. The first-order valence-electron chi connectivity index (χ1n) is 7.70. The zero-order chi connectivity index (χ0) is 12.1. The van der Waals surface area contributed by atoms with Crippen LogP contribution in [-0.4, -0.2) is 37.1 Å². The highest BCUT2D eigenvalue weighted by atomic mass is 15.2. The third kappa shape index (κ3) is 3.45. The van der Waals surface area contributed by atoms with E-state index in [9.17, 15) is 0 Å². The van der Waals surface area contributed by atoms with Gasteiger partial charge in [0.05, 0.1) is 0 Å². The van der Waals surface area contributed by atoms with Crippen molar-refractivity contribution in [1.82, 2.24) is 10.2 Å². The monoisotopic (exact) mass is 238 g/mol. The van der Waals surface area contributed by atoms with E-state index in [0.717, 1.165) is 18.0 Å². The summed E-state index contributed by atoms with van der Waals surface area (Å²) in [5.41, 5.74) is 0.746. The van der Waals surface area contributed by atoms with Gasteiger partial charge in [0.1, 0.15) is 0 Å². The lowest BCUT2D eigenvalue weighted by Gasteiger charge is -2.28. The van der Waals surface area contributed by atoms with Crippen molar-refractivity contribution in [3.63, 3.8) is 0 Å². The number of rotatable bonds is 6. The van der Waals surface area contributed by atoms with Crippen LogP contribution < -0.4 is 5.32 Å². The third-order valence-corrected chi connectivity index (χ3v) is 4.98. The zero-order valence-corrected chi connectivity index (χ0v) is 11.8. The normalized spacial score (nSPS) is 25.8. The number of hydrogen-bond acceptors (Lipinski definition) is 2. The van der Waals surface area contributed by atoms with Gasteiger partial charge in [0.25, 0.3) is 0 Å². The molecule has 1 atom stereocenters. The molecule has 0 amide bonds. The van der Waals surface area contributed by atoms with Crippen molar-refractivity contribution in [2.75, 3.05) is 26.2 Å². The molecule has 2 nitrogen and oxygen atoms in total. The Morgan fingerprint density at radius 3 is 2.71 bits per heavy atom. The fraction of sp³-hybridized carbons (Fsp3) is 1.00. The van der Waals surface area contributed by atoms with Crippen LogP contribution in [0.1, 0.15) is 58.8 Å². The molecule has 1 saturated heterocycles. The van der Waals surface area contributed by atoms with E-state index in [4.69, 9.17) is 0 Å². The molecule has 0 bridgehead atoms. The molecule has 0 aromatic rings. The maximum atomic E-state index is 3.42.